The quantitative estimate of drug-likeness (QED) is 0.893. The normalized spacial score (nSPS) is 22.5. The summed E-state index contributed by atoms with van der Waals surface area (Å²) >= 11 is 0. The zero-order valence-corrected chi connectivity index (χ0v) is 16.6. The second kappa shape index (κ2) is 7.80. The predicted molar refractivity (Wildman–Crippen MR) is 107 cm³/mol. The van der Waals surface area contributed by atoms with Gasteiger partial charge in [0.25, 0.3) is 5.56 Å². The molecular weight excluding hydrogens is 326 g/mol. The largest absolute Gasteiger partial charge is 0.497 e. The van der Waals surface area contributed by atoms with Gasteiger partial charge in [0.1, 0.15) is 5.75 Å². The van der Waals surface area contributed by atoms with Crippen molar-refractivity contribution in [2.75, 3.05) is 20.2 Å². The Morgan fingerprint density at radius 3 is 2.54 bits per heavy atom. The minimum Gasteiger partial charge on any atom is -0.497 e. The summed E-state index contributed by atoms with van der Waals surface area (Å²) in [6, 6.07) is 9.12. The summed E-state index contributed by atoms with van der Waals surface area (Å²) in [4.78, 5) is 15.6. The van der Waals surface area contributed by atoms with Gasteiger partial charge in [0.15, 0.2) is 0 Å². The molecule has 142 valence electrons. The summed E-state index contributed by atoms with van der Waals surface area (Å²) in [6.07, 6.45) is 2.14. The van der Waals surface area contributed by atoms with Gasteiger partial charge in [-0.15, -0.1) is 0 Å². The molecular formula is C21H31N3O2. The van der Waals surface area contributed by atoms with Crippen molar-refractivity contribution in [2.24, 2.45) is 7.05 Å². The molecule has 0 bridgehead atoms. The average molecular weight is 357 g/mol. The van der Waals surface area contributed by atoms with E-state index in [1.54, 1.807) is 7.11 Å². The SMILES string of the molecule is CCCC(c1cc2ccc(OC)cc2c(=O)n1C)N1C[C@@H](C)N[C@@H](C)C1. The van der Waals surface area contributed by atoms with Crippen LogP contribution in [0.15, 0.2) is 29.1 Å². The number of aromatic nitrogens is 1. The zero-order chi connectivity index (χ0) is 18.8. The summed E-state index contributed by atoms with van der Waals surface area (Å²) in [5.74, 6) is 0.720. The van der Waals surface area contributed by atoms with E-state index < -0.39 is 0 Å². The van der Waals surface area contributed by atoms with E-state index in [4.69, 9.17) is 4.74 Å². The van der Waals surface area contributed by atoms with Crippen LogP contribution in [0.1, 0.15) is 45.3 Å². The lowest BCUT2D eigenvalue weighted by atomic mass is 9.99. The van der Waals surface area contributed by atoms with E-state index in [1.165, 1.54) is 0 Å². The summed E-state index contributed by atoms with van der Waals surface area (Å²) in [5.41, 5.74) is 1.16. The maximum Gasteiger partial charge on any atom is 0.258 e. The van der Waals surface area contributed by atoms with Crippen LogP contribution in [0.3, 0.4) is 0 Å². The summed E-state index contributed by atoms with van der Waals surface area (Å²) in [5, 5.41) is 5.30. The van der Waals surface area contributed by atoms with Crippen LogP contribution < -0.4 is 15.6 Å². The number of methoxy groups -OCH3 is 1. The Bertz CT molecular complexity index is 820. The van der Waals surface area contributed by atoms with Crippen molar-refractivity contribution in [2.45, 2.75) is 51.7 Å². The molecule has 26 heavy (non-hydrogen) atoms. The molecule has 0 spiro atoms. The standard InChI is InChI=1S/C21H31N3O2/c1-6-7-19(24-12-14(2)22-15(3)13-24)20-10-16-8-9-17(26-5)11-18(16)21(25)23(20)4/h8-11,14-15,19,22H,6-7,12-13H2,1-5H3/t14-,15+,19?. The number of rotatable bonds is 5. The molecule has 5 heteroatoms. The van der Waals surface area contributed by atoms with Crippen molar-refractivity contribution in [1.82, 2.24) is 14.8 Å². The molecule has 3 atom stereocenters. The second-order valence-corrected chi connectivity index (χ2v) is 7.61. The molecule has 1 saturated heterocycles. The van der Waals surface area contributed by atoms with Crippen molar-refractivity contribution in [3.8, 4) is 5.75 Å². The van der Waals surface area contributed by atoms with Crippen LogP contribution in [-0.2, 0) is 7.05 Å². The van der Waals surface area contributed by atoms with Gasteiger partial charge in [0.05, 0.1) is 18.5 Å². The Labute approximate surface area is 156 Å². The maximum atomic E-state index is 13.0. The van der Waals surface area contributed by atoms with Gasteiger partial charge in [-0.25, -0.2) is 0 Å². The van der Waals surface area contributed by atoms with Gasteiger partial charge in [0.2, 0.25) is 0 Å². The number of benzene rings is 1. The molecule has 1 unspecified atom stereocenters. The van der Waals surface area contributed by atoms with Gasteiger partial charge in [-0.2, -0.15) is 0 Å². The Balaban J connectivity index is 2.08. The van der Waals surface area contributed by atoms with Gasteiger partial charge in [0, 0.05) is 37.9 Å². The average Bonchev–Trinajstić information content (AvgIpc) is 2.62. The van der Waals surface area contributed by atoms with Crippen LogP contribution in [0.2, 0.25) is 0 Å². The monoisotopic (exact) mass is 357 g/mol. The first kappa shape index (κ1) is 18.9. The predicted octanol–water partition coefficient (Wildman–Crippen LogP) is 3.07. The van der Waals surface area contributed by atoms with Crippen molar-refractivity contribution in [3.63, 3.8) is 0 Å². The number of nitrogens with one attached hydrogen (secondary N) is 1. The Morgan fingerprint density at radius 2 is 1.92 bits per heavy atom. The molecule has 0 amide bonds. The van der Waals surface area contributed by atoms with E-state index in [-0.39, 0.29) is 11.6 Å². The molecule has 0 radical (unpaired) electrons. The number of hydrogen-bond donors (Lipinski definition) is 1. The van der Waals surface area contributed by atoms with E-state index in [2.05, 4.69) is 37.1 Å². The van der Waals surface area contributed by atoms with Crippen LogP contribution in [0.5, 0.6) is 5.75 Å². The molecule has 1 fully saturated rings. The number of nitrogens with zero attached hydrogens (tertiary/aromatic N) is 2. The summed E-state index contributed by atoms with van der Waals surface area (Å²) in [7, 11) is 3.53. The van der Waals surface area contributed by atoms with E-state index in [0.29, 0.717) is 17.5 Å². The highest BCUT2D eigenvalue weighted by Crippen LogP contribution is 2.29. The first-order chi connectivity index (χ1) is 12.4. The minimum atomic E-state index is 0.0498. The summed E-state index contributed by atoms with van der Waals surface area (Å²) in [6.45, 7) is 8.69. The number of hydrogen-bond acceptors (Lipinski definition) is 4. The van der Waals surface area contributed by atoms with Gasteiger partial charge in [-0.1, -0.05) is 19.4 Å². The lowest BCUT2D eigenvalue weighted by molar-refractivity contribution is 0.112. The highest BCUT2D eigenvalue weighted by Gasteiger charge is 2.29. The minimum absolute atomic E-state index is 0.0498. The van der Waals surface area contributed by atoms with E-state index >= 15 is 0 Å². The van der Waals surface area contributed by atoms with E-state index in [1.807, 2.05) is 29.8 Å². The number of ether oxygens (including phenoxy) is 1. The van der Waals surface area contributed by atoms with Crippen molar-refractivity contribution in [1.29, 1.82) is 0 Å². The summed E-state index contributed by atoms with van der Waals surface area (Å²) < 4.78 is 7.12. The number of fused-ring (bicyclic) bond motifs is 1. The Kier molecular flexibility index (Phi) is 5.68. The lowest BCUT2D eigenvalue weighted by Gasteiger charge is -2.41. The van der Waals surface area contributed by atoms with Crippen molar-refractivity contribution in [3.05, 3.63) is 40.3 Å². The van der Waals surface area contributed by atoms with E-state index in [0.717, 1.165) is 42.8 Å². The van der Waals surface area contributed by atoms with Gasteiger partial charge in [-0.05, 0) is 43.9 Å². The Hall–Kier alpha value is -1.85. The first-order valence-electron chi connectivity index (χ1n) is 9.62. The smallest absolute Gasteiger partial charge is 0.258 e. The third kappa shape index (κ3) is 3.64. The molecule has 3 rings (SSSR count). The fourth-order valence-corrected chi connectivity index (χ4v) is 4.26. The maximum absolute atomic E-state index is 13.0. The van der Waals surface area contributed by atoms with Crippen LogP contribution in [0.25, 0.3) is 10.8 Å². The topological polar surface area (TPSA) is 46.5 Å². The van der Waals surface area contributed by atoms with Gasteiger partial charge < -0.3 is 14.6 Å². The molecule has 1 aliphatic rings. The highest BCUT2D eigenvalue weighted by molar-refractivity contribution is 5.83. The van der Waals surface area contributed by atoms with Gasteiger partial charge in [-0.3, -0.25) is 9.69 Å². The van der Waals surface area contributed by atoms with Gasteiger partial charge >= 0.3 is 0 Å². The number of pyridine rings is 1. The molecule has 1 aromatic heterocycles. The molecule has 1 aliphatic heterocycles. The van der Waals surface area contributed by atoms with Crippen molar-refractivity contribution >= 4 is 10.8 Å². The highest BCUT2D eigenvalue weighted by atomic mass is 16.5. The van der Waals surface area contributed by atoms with E-state index in [9.17, 15) is 4.79 Å². The Morgan fingerprint density at radius 1 is 1.23 bits per heavy atom. The second-order valence-electron chi connectivity index (χ2n) is 7.61. The molecule has 1 N–H and O–H groups in total. The lowest BCUT2D eigenvalue weighted by Crippen LogP contribution is -2.55. The third-order valence-electron chi connectivity index (χ3n) is 5.42. The number of piperazine rings is 1. The fraction of sp³-hybridized carbons (Fsp3) is 0.571. The molecule has 0 saturated carbocycles. The molecule has 2 aromatic rings. The molecule has 5 nitrogen and oxygen atoms in total. The van der Waals surface area contributed by atoms with Crippen LogP contribution in [0.4, 0.5) is 0 Å². The fourth-order valence-electron chi connectivity index (χ4n) is 4.26. The third-order valence-corrected chi connectivity index (χ3v) is 5.42. The van der Waals surface area contributed by atoms with Crippen molar-refractivity contribution < 1.29 is 4.74 Å². The zero-order valence-electron chi connectivity index (χ0n) is 16.6. The molecule has 1 aromatic carbocycles. The molecule has 0 aliphatic carbocycles. The van der Waals surface area contributed by atoms with Crippen LogP contribution in [-0.4, -0.2) is 41.8 Å². The molecule has 2 heterocycles. The van der Waals surface area contributed by atoms with Crippen LogP contribution >= 0.6 is 0 Å². The van der Waals surface area contributed by atoms with Crippen LogP contribution in [0, 0.1) is 0 Å². The first-order valence-corrected chi connectivity index (χ1v) is 9.62.